The van der Waals surface area contributed by atoms with E-state index in [1.165, 1.54) is 11.1 Å². The molecule has 0 aliphatic carbocycles. The molecule has 100 valence electrons. The Kier molecular flexibility index (Phi) is 3.35. The molecule has 1 atom stereocenters. The van der Waals surface area contributed by atoms with Gasteiger partial charge in [0.05, 0.1) is 10.2 Å². The standard InChI is InChI=1S/C14H15BrN2OS/c1-8-3-11-12(4-9(8)2)19-14(16-11)17-7-10(6-15)5-13(17)18/h3-4,10H,5-7H2,1-2H3. The second-order valence-corrected chi connectivity index (χ2v) is 6.79. The highest BCUT2D eigenvalue weighted by atomic mass is 79.9. The van der Waals surface area contributed by atoms with Crippen molar-refractivity contribution >= 4 is 48.5 Å². The fraction of sp³-hybridized carbons (Fsp3) is 0.429. The van der Waals surface area contributed by atoms with E-state index in [9.17, 15) is 4.79 Å². The van der Waals surface area contributed by atoms with E-state index in [1.807, 2.05) is 4.90 Å². The van der Waals surface area contributed by atoms with Crippen LogP contribution in [0.1, 0.15) is 17.5 Å². The number of anilines is 1. The van der Waals surface area contributed by atoms with E-state index in [-0.39, 0.29) is 5.91 Å². The molecule has 3 nitrogen and oxygen atoms in total. The molecule has 0 N–H and O–H groups in total. The molecule has 5 heteroatoms. The van der Waals surface area contributed by atoms with Gasteiger partial charge in [-0.1, -0.05) is 27.3 Å². The Labute approximate surface area is 124 Å². The molecular weight excluding hydrogens is 324 g/mol. The van der Waals surface area contributed by atoms with Crippen LogP contribution >= 0.6 is 27.3 Å². The van der Waals surface area contributed by atoms with Gasteiger partial charge in [0.1, 0.15) is 0 Å². The number of aromatic nitrogens is 1. The van der Waals surface area contributed by atoms with Crippen LogP contribution in [0.25, 0.3) is 10.2 Å². The number of carbonyl (C=O) groups excluding carboxylic acids is 1. The van der Waals surface area contributed by atoms with Gasteiger partial charge in [-0.15, -0.1) is 0 Å². The average molecular weight is 339 g/mol. The number of halogens is 1. The van der Waals surface area contributed by atoms with Crippen molar-refractivity contribution < 1.29 is 4.79 Å². The molecule has 1 fully saturated rings. The van der Waals surface area contributed by atoms with Crippen molar-refractivity contribution in [3.05, 3.63) is 23.3 Å². The Morgan fingerprint density at radius 3 is 2.84 bits per heavy atom. The fourth-order valence-electron chi connectivity index (χ4n) is 2.35. The Bertz CT molecular complexity index is 613. The van der Waals surface area contributed by atoms with Crippen LogP contribution in [-0.2, 0) is 4.79 Å². The lowest BCUT2D eigenvalue weighted by Crippen LogP contribution is -2.24. The van der Waals surface area contributed by atoms with Crippen LogP contribution in [0.15, 0.2) is 12.1 Å². The number of benzene rings is 1. The lowest BCUT2D eigenvalue weighted by atomic mass is 10.1. The van der Waals surface area contributed by atoms with Crippen LogP contribution in [0, 0.1) is 19.8 Å². The van der Waals surface area contributed by atoms with Crippen molar-refractivity contribution in [1.82, 2.24) is 4.98 Å². The zero-order chi connectivity index (χ0) is 13.6. The maximum atomic E-state index is 12.0. The van der Waals surface area contributed by atoms with Crippen molar-refractivity contribution in [2.24, 2.45) is 5.92 Å². The molecule has 19 heavy (non-hydrogen) atoms. The van der Waals surface area contributed by atoms with Crippen molar-refractivity contribution in [3.63, 3.8) is 0 Å². The molecule has 1 amide bonds. The van der Waals surface area contributed by atoms with E-state index >= 15 is 0 Å². The summed E-state index contributed by atoms with van der Waals surface area (Å²) in [6, 6.07) is 4.27. The number of aryl methyl sites for hydroxylation is 2. The Hall–Kier alpha value is -0.940. The van der Waals surface area contributed by atoms with Crippen LogP contribution in [0.2, 0.25) is 0 Å². The summed E-state index contributed by atoms with van der Waals surface area (Å²) in [7, 11) is 0. The zero-order valence-corrected chi connectivity index (χ0v) is 13.3. The number of thiazole rings is 1. The van der Waals surface area contributed by atoms with Crippen molar-refractivity contribution in [3.8, 4) is 0 Å². The third-order valence-corrected chi connectivity index (χ3v) is 5.60. The Morgan fingerprint density at radius 1 is 1.42 bits per heavy atom. The molecule has 3 rings (SSSR count). The molecule has 1 aromatic carbocycles. The number of hydrogen-bond acceptors (Lipinski definition) is 3. The summed E-state index contributed by atoms with van der Waals surface area (Å²) in [6.07, 6.45) is 0.624. The smallest absolute Gasteiger partial charge is 0.229 e. The predicted molar refractivity (Wildman–Crippen MR) is 83.3 cm³/mol. The van der Waals surface area contributed by atoms with Gasteiger partial charge in [0.15, 0.2) is 5.13 Å². The lowest BCUT2D eigenvalue weighted by Gasteiger charge is -2.11. The van der Waals surface area contributed by atoms with Gasteiger partial charge < -0.3 is 0 Å². The summed E-state index contributed by atoms with van der Waals surface area (Å²) < 4.78 is 1.16. The SMILES string of the molecule is Cc1cc2nc(N3CC(CBr)CC3=O)sc2cc1C. The third-order valence-electron chi connectivity index (χ3n) is 3.65. The second-order valence-electron chi connectivity index (χ2n) is 5.13. The number of nitrogens with zero attached hydrogens (tertiary/aromatic N) is 2. The number of amides is 1. The quantitative estimate of drug-likeness (QED) is 0.783. The molecule has 0 saturated carbocycles. The molecule has 1 aliphatic rings. The minimum absolute atomic E-state index is 0.192. The summed E-state index contributed by atoms with van der Waals surface area (Å²) in [5.74, 6) is 0.597. The minimum Gasteiger partial charge on any atom is -0.288 e. The molecule has 0 bridgehead atoms. The van der Waals surface area contributed by atoms with Crippen molar-refractivity contribution in [2.45, 2.75) is 20.3 Å². The van der Waals surface area contributed by atoms with Gasteiger partial charge in [0, 0.05) is 18.3 Å². The summed E-state index contributed by atoms with van der Waals surface area (Å²) in [5, 5.41) is 1.71. The molecule has 1 unspecified atom stereocenters. The first-order valence-electron chi connectivity index (χ1n) is 6.32. The van der Waals surface area contributed by atoms with Gasteiger partial charge in [-0.3, -0.25) is 9.69 Å². The largest absolute Gasteiger partial charge is 0.288 e. The van der Waals surface area contributed by atoms with Crippen molar-refractivity contribution in [1.29, 1.82) is 0 Å². The molecule has 0 radical (unpaired) electrons. The first kappa shape index (κ1) is 13.1. The van der Waals surface area contributed by atoms with Crippen molar-refractivity contribution in [2.75, 3.05) is 16.8 Å². The van der Waals surface area contributed by atoms with Gasteiger partial charge in [0.2, 0.25) is 5.91 Å². The van der Waals surface area contributed by atoms with Crippen LogP contribution in [0.5, 0.6) is 0 Å². The van der Waals surface area contributed by atoms with Crippen LogP contribution in [0.4, 0.5) is 5.13 Å². The summed E-state index contributed by atoms with van der Waals surface area (Å²) in [4.78, 5) is 18.5. The highest BCUT2D eigenvalue weighted by Crippen LogP contribution is 2.34. The average Bonchev–Trinajstić information content (AvgIpc) is 2.93. The van der Waals surface area contributed by atoms with Crippen LogP contribution in [0.3, 0.4) is 0 Å². The summed E-state index contributed by atoms with van der Waals surface area (Å²) in [5.41, 5.74) is 3.52. The first-order valence-corrected chi connectivity index (χ1v) is 8.26. The predicted octanol–water partition coefficient (Wildman–Crippen LogP) is 3.66. The molecule has 1 aromatic heterocycles. The zero-order valence-electron chi connectivity index (χ0n) is 10.9. The van der Waals surface area contributed by atoms with E-state index in [0.29, 0.717) is 12.3 Å². The number of alkyl halides is 1. The van der Waals surface area contributed by atoms with Gasteiger partial charge >= 0.3 is 0 Å². The van der Waals surface area contributed by atoms with Gasteiger partial charge in [-0.25, -0.2) is 4.98 Å². The fourth-order valence-corrected chi connectivity index (χ4v) is 3.86. The number of hydrogen-bond donors (Lipinski definition) is 0. The number of carbonyl (C=O) groups is 1. The number of rotatable bonds is 2. The minimum atomic E-state index is 0.192. The molecule has 2 heterocycles. The van der Waals surface area contributed by atoms with Gasteiger partial charge in [-0.2, -0.15) is 0 Å². The molecule has 0 spiro atoms. The number of fused-ring (bicyclic) bond motifs is 1. The maximum absolute atomic E-state index is 12.0. The van der Waals surface area contributed by atoms with E-state index in [4.69, 9.17) is 0 Å². The van der Waals surface area contributed by atoms with Gasteiger partial charge in [0.25, 0.3) is 0 Å². The third kappa shape index (κ3) is 2.30. The highest BCUT2D eigenvalue weighted by Gasteiger charge is 2.31. The second kappa shape index (κ2) is 4.87. The van der Waals surface area contributed by atoms with E-state index in [1.54, 1.807) is 11.3 Å². The first-order chi connectivity index (χ1) is 9.08. The van der Waals surface area contributed by atoms with Gasteiger partial charge in [-0.05, 0) is 43.0 Å². The summed E-state index contributed by atoms with van der Waals surface area (Å²) in [6.45, 7) is 4.98. The monoisotopic (exact) mass is 338 g/mol. The van der Waals surface area contributed by atoms with Crippen LogP contribution in [-0.4, -0.2) is 22.8 Å². The normalized spacial score (nSPS) is 19.6. The topological polar surface area (TPSA) is 33.2 Å². The van der Waals surface area contributed by atoms with E-state index in [0.717, 1.165) is 27.2 Å². The maximum Gasteiger partial charge on any atom is 0.229 e. The Morgan fingerprint density at radius 2 is 2.16 bits per heavy atom. The molecule has 2 aromatic rings. The van der Waals surface area contributed by atoms with E-state index in [2.05, 4.69) is 46.9 Å². The highest BCUT2D eigenvalue weighted by molar-refractivity contribution is 9.09. The van der Waals surface area contributed by atoms with E-state index < -0.39 is 0 Å². The summed E-state index contributed by atoms with van der Waals surface area (Å²) >= 11 is 5.07. The molecule has 1 aliphatic heterocycles. The Balaban J connectivity index is 2.00. The lowest BCUT2D eigenvalue weighted by molar-refractivity contribution is -0.117. The molecule has 1 saturated heterocycles. The molecular formula is C14H15BrN2OS. The van der Waals surface area contributed by atoms with Crippen LogP contribution < -0.4 is 4.90 Å².